The standard InChI is InChI=1S/C20H26N2O3S/c1-6-16(4)21-20(23)17-10-9-15(3)19(13-17)22(5)26(24,25)18-11-7-14(2)8-12-18/h7-13,16H,6H2,1-5H3,(H,21,23)/t16-/m0/s1. The van der Waals surface area contributed by atoms with E-state index in [-0.39, 0.29) is 16.8 Å². The van der Waals surface area contributed by atoms with Gasteiger partial charge in [0, 0.05) is 18.7 Å². The Morgan fingerprint density at radius 2 is 1.73 bits per heavy atom. The number of rotatable bonds is 6. The van der Waals surface area contributed by atoms with Crippen LogP contribution in [-0.2, 0) is 10.0 Å². The van der Waals surface area contributed by atoms with Crippen molar-refractivity contribution in [1.29, 1.82) is 0 Å². The quantitative estimate of drug-likeness (QED) is 0.839. The molecule has 6 heteroatoms. The molecule has 0 saturated heterocycles. The van der Waals surface area contributed by atoms with Gasteiger partial charge in [-0.05, 0) is 57.0 Å². The monoisotopic (exact) mass is 374 g/mol. The Balaban J connectivity index is 2.39. The van der Waals surface area contributed by atoms with E-state index in [0.29, 0.717) is 11.3 Å². The van der Waals surface area contributed by atoms with Crippen molar-refractivity contribution in [2.45, 2.75) is 45.1 Å². The van der Waals surface area contributed by atoms with E-state index in [1.54, 1.807) is 42.5 Å². The predicted molar refractivity (Wildman–Crippen MR) is 105 cm³/mol. The number of benzene rings is 2. The molecule has 26 heavy (non-hydrogen) atoms. The number of sulfonamides is 1. The molecule has 1 N–H and O–H groups in total. The highest BCUT2D eigenvalue weighted by Crippen LogP contribution is 2.26. The highest BCUT2D eigenvalue weighted by atomic mass is 32.2. The van der Waals surface area contributed by atoms with Crippen molar-refractivity contribution >= 4 is 21.6 Å². The summed E-state index contributed by atoms with van der Waals surface area (Å²) in [6.07, 6.45) is 0.826. The number of hydrogen-bond acceptors (Lipinski definition) is 3. The number of nitrogens with zero attached hydrogens (tertiary/aromatic N) is 1. The first-order chi connectivity index (χ1) is 12.2. The Morgan fingerprint density at radius 3 is 2.31 bits per heavy atom. The summed E-state index contributed by atoms with van der Waals surface area (Å²) < 4.78 is 27.1. The lowest BCUT2D eigenvalue weighted by atomic mass is 10.1. The number of amides is 1. The Bertz CT molecular complexity index is 890. The summed E-state index contributed by atoms with van der Waals surface area (Å²) in [4.78, 5) is 12.6. The lowest BCUT2D eigenvalue weighted by Crippen LogP contribution is -2.32. The largest absolute Gasteiger partial charge is 0.350 e. The average molecular weight is 375 g/mol. The molecule has 0 aliphatic carbocycles. The first-order valence-corrected chi connectivity index (χ1v) is 10.1. The van der Waals surface area contributed by atoms with Crippen LogP contribution in [0.25, 0.3) is 0 Å². The molecule has 0 unspecified atom stereocenters. The zero-order valence-electron chi connectivity index (χ0n) is 15.9. The van der Waals surface area contributed by atoms with Crippen molar-refractivity contribution in [2.75, 3.05) is 11.4 Å². The van der Waals surface area contributed by atoms with Crippen molar-refractivity contribution in [2.24, 2.45) is 0 Å². The molecule has 2 aromatic carbocycles. The minimum Gasteiger partial charge on any atom is -0.350 e. The van der Waals surface area contributed by atoms with Crippen molar-refractivity contribution < 1.29 is 13.2 Å². The zero-order valence-corrected chi connectivity index (χ0v) is 16.7. The number of aryl methyl sites for hydroxylation is 2. The van der Waals surface area contributed by atoms with E-state index in [0.717, 1.165) is 17.5 Å². The fraction of sp³-hybridized carbons (Fsp3) is 0.350. The maximum Gasteiger partial charge on any atom is 0.264 e. The van der Waals surface area contributed by atoms with Gasteiger partial charge >= 0.3 is 0 Å². The summed E-state index contributed by atoms with van der Waals surface area (Å²) in [5, 5.41) is 2.90. The van der Waals surface area contributed by atoms with E-state index in [2.05, 4.69) is 5.32 Å². The predicted octanol–water partition coefficient (Wildman–Crippen LogP) is 3.66. The molecule has 0 radical (unpaired) electrons. The SMILES string of the molecule is CC[C@H](C)NC(=O)c1ccc(C)c(N(C)S(=O)(=O)c2ccc(C)cc2)c1. The fourth-order valence-corrected chi connectivity index (χ4v) is 3.75. The lowest BCUT2D eigenvalue weighted by molar-refractivity contribution is 0.0939. The molecule has 0 fully saturated rings. The second kappa shape index (κ2) is 7.91. The van der Waals surface area contributed by atoms with Gasteiger partial charge < -0.3 is 5.32 Å². The van der Waals surface area contributed by atoms with E-state index in [9.17, 15) is 13.2 Å². The molecule has 0 spiro atoms. The normalized spacial score (nSPS) is 12.5. The highest BCUT2D eigenvalue weighted by molar-refractivity contribution is 7.92. The van der Waals surface area contributed by atoms with E-state index >= 15 is 0 Å². The van der Waals surface area contributed by atoms with Gasteiger partial charge in [-0.3, -0.25) is 9.10 Å². The summed E-state index contributed by atoms with van der Waals surface area (Å²) in [5.74, 6) is -0.207. The van der Waals surface area contributed by atoms with E-state index in [4.69, 9.17) is 0 Å². The molecule has 2 rings (SSSR count). The molecule has 5 nitrogen and oxygen atoms in total. The van der Waals surface area contributed by atoms with Gasteiger partial charge in [0.25, 0.3) is 15.9 Å². The highest BCUT2D eigenvalue weighted by Gasteiger charge is 2.23. The third-order valence-electron chi connectivity index (χ3n) is 4.48. The summed E-state index contributed by atoms with van der Waals surface area (Å²) in [6.45, 7) is 7.66. The molecule has 0 aliphatic rings. The van der Waals surface area contributed by atoms with Crippen molar-refractivity contribution in [3.8, 4) is 0 Å². The smallest absolute Gasteiger partial charge is 0.264 e. The summed E-state index contributed by atoms with van der Waals surface area (Å²) in [5.41, 5.74) is 2.70. The van der Waals surface area contributed by atoms with Crippen molar-refractivity contribution in [3.05, 3.63) is 59.2 Å². The van der Waals surface area contributed by atoms with Crippen LogP contribution < -0.4 is 9.62 Å². The van der Waals surface area contributed by atoms with Gasteiger partial charge in [-0.15, -0.1) is 0 Å². The Kier molecular flexibility index (Phi) is 6.08. The van der Waals surface area contributed by atoms with Crippen LogP contribution in [0.2, 0.25) is 0 Å². The first-order valence-electron chi connectivity index (χ1n) is 8.64. The second-order valence-electron chi connectivity index (χ2n) is 6.57. The van der Waals surface area contributed by atoms with E-state index in [1.165, 1.54) is 11.4 Å². The average Bonchev–Trinajstić information content (AvgIpc) is 2.61. The number of carbonyl (C=O) groups excluding carboxylic acids is 1. The summed E-state index contributed by atoms with van der Waals surface area (Å²) in [7, 11) is -2.19. The zero-order chi connectivity index (χ0) is 19.5. The molecule has 0 bridgehead atoms. The molecule has 0 heterocycles. The van der Waals surface area contributed by atoms with Crippen LogP contribution >= 0.6 is 0 Å². The van der Waals surface area contributed by atoms with Gasteiger partial charge in [-0.1, -0.05) is 30.7 Å². The maximum absolute atomic E-state index is 12.9. The Hall–Kier alpha value is -2.34. The number of anilines is 1. The third kappa shape index (κ3) is 4.25. The van der Waals surface area contributed by atoms with Crippen LogP contribution in [0.15, 0.2) is 47.4 Å². The van der Waals surface area contributed by atoms with Gasteiger partial charge in [0.1, 0.15) is 0 Å². The molecule has 1 amide bonds. The van der Waals surface area contributed by atoms with Gasteiger partial charge in [-0.2, -0.15) is 0 Å². The lowest BCUT2D eigenvalue weighted by Gasteiger charge is -2.22. The molecule has 0 aliphatic heterocycles. The molecule has 0 saturated carbocycles. The maximum atomic E-state index is 12.9. The minimum absolute atomic E-state index is 0.0567. The number of hydrogen-bond donors (Lipinski definition) is 1. The van der Waals surface area contributed by atoms with Crippen LogP contribution in [0.5, 0.6) is 0 Å². The van der Waals surface area contributed by atoms with Gasteiger partial charge in [0.2, 0.25) is 0 Å². The fourth-order valence-electron chi connectivity index (χ4n) is 2.50. The van der Waals surface area contributed by atoms with Crippen molar-refractivity contribution in [1.82, 2.24) is 5.32 Å². The molecular weight excluding hydrogens is 348 g/mol. The second-order valence-corrected chi connectivity index (χ2v) is 8.54. The molecular formula is C20H26N2O3S. The Labute approximate surface area is 156 Å². The first kappa shape index (κ1) is 20.0. The van der Waals surface area contributed by atoms with Crippen molar-refractivity contribution in [3.63, 3.8) is 0 Å². The summed E-state index contributed by atoms with van der Waals surface area (Å²) >= 11 is 0. The van der Waals surface area contributed by atoms with Crippen LogP contribution in [0.3, 0.4) is 0 Å². The Morgan fingerprint density at radius 1 is 1.12 bits per heavy atom. The third-order valence-corrected chi connectivity index (χ3v) is 6.27. The van der Waals surface area contributed by atoms with Crippen LogP contribution in [0.1, 0.15) is 41.8 Å². The van der Waals surface area contributed by atoms with Gasteiger partial charge in [0.15, 0.2) is 0 Å². The molecule has 140 valence electrons. The van der Waals surface area contributed by atoms with Crippen LogP contribution in [-0.4, -0.2) is 27.4 Å². The number of nitrogens with one attached hydrogen (secondary N) is 1. The van der Waals surface area contributed by atoms with Gasteiger partial charge in [-0.25, -0.2) is 8.42 Å². The van der Waals surface area contributed by atoms with Crippen LogP contribution in [0.4, 0.5) is 5.69 Å². The molecule has 2 aromatic rings. The number of carbonyl (C=O) groups is 1. The van der Waals surface area contributed by atoms with E-state index in [1.807, 2.05) is 27.7 Å². The molecule has 0 aromatic heterocycles. The topological polar surface area (TPSA) is 66.5 Å². The van der Waals surface area contributed by atoms with Crippen LogP contribution in [0, 0.1) is 13.8 Å². The molecule has 1 atom stereocenters. The minimum atomic E-state index is -3.70. The van der Waals surface area contributed by atoms with Gasteiger partial charge in [0.05, 0.1) is 10.6 Å². The van der Waals surface area contributed by atoms with E-state index < -0.39 is 10.0 Å². The summed E-state index contributed by atoms with van der Waals surface area (Å²) in [6, 6.07) is 11.9.